The normalized spacial score (nSPS) is 28.0. The highest BCUT2D eigenvalue weighted by atomic mass is 16.5. The van der Waals surface area contributed by atoms with Crippen LogP contribution in [-0.4, -0.2) is 53.7 Å². The fourth-order valence-corrected chi connectivity index (χ4v) is 4.58. The average Bonchev–Trinajstić information content (AvgIpc) is 2.78. The molecule has 2 saturated heterocycles. The Hall–Kier alpha value is -2.08. The molecule has 2 atom stereocenters. The number of aliphatic hydroxyl groups is 1. The number of carbonyl (C=O) groups is 2. The van der Waals surface area contributed by atoms with Gasteiger partial charge >= 0.3 is 0 Å². The lowest BCUT2D eigenvalue weighted by Crippen LogP contribution is -2.46. The number of piperidine rings is 1. The Kier molecular flexibility index (Phi) is 4.37. The molecule has 1 aromatic rings. The van der Waals surface area contributed by atoms with E-state index in [1.54, 1.807) is 18.2 Å². The van der Waals surface area contributed by atoms with Gasteiger partial charge in [0.15, 0.2) is 0 Å². The van der Waals surface area contributed by atoms with E-state index in [2.05, 4.69) is 5.32 Å². The van der Waals surface area contributed by atoms with Crippen molar-refractivity contribution in [3.05, 3.63) is 29.3 Å². The molecule has 1 aromatic carbocycles. The predicted molar refractivity (Wildman–Crippen MR) is 91.7 cm³/mol. The number of nitrogens with zero attached hydrogens (tertiary/aromatic N) is 1. The van der Waals surface area contributed by atoms with Crippen LogP contribution in [0.4, 0.5) is 0 Å². The summed E-state index contributed by atoms with van der Waals surface area (Å²) in [6.45, 7) is 1.13. The molecule has 2 unspecified atom stereocenters. The lowest BCUT2D eigenvalue weighted by Gasteiger charge is -2.39. The van der Waals surface area contributed by atoms with Crippen molar-refractivity contribution >= 4 is 11.8 Å². The minimum atomic E-state index is -0.188. The Labute approximate surface area is 147 Å². The van der Waals surface area contributed by atoms with Gasteiger partial charge in [0.25, 0.3) is 11.8 Å². The SMILES string of the molecule is O=C1NCCOc2ccc(C(=O)N3C4CCC3CC(CCO)C4)cc21. The number of fused-ring (bicyclic) bond motifs is 3. The second-order valence-corrected chi connectivity index (χ2v) is 7.26. The molecule has 4 rings (SSSR count). The third-order valence-electron chi connectivity index (χ3n) is 5.72. The first kappa shape index (κ1) is 16.4. The first-order chi connectivity index (χ1) is 12.2. The molecule has 134 valence electrons. The molecule has 0 radical (unpaired) electrons. The molecule has 3 aliphatic rings. The van der Waals surface area contributed by atoms with E-state index >= 15 is 0 Å². The number of hydrogen-bond acceptors (Lipinski definition) is 4. The van der Waals surface area contributed by atoms with E-state index in [0.717, 1.165) is 32.1 Å². The Morgan fingerprint density at radius 3 is 2.76 bits per heavy atom. The Morgan fingerprint density at radius 1 is 1.28 bits per heavy atom. The summed E-state index contributed by atoms with van der Waals surface area (Å²) in [6.07, 6.45) is 4.83. The Bertz CT molecular complexity index is 676. The van der Waals surface area contributed by atoms with Crippen LogP contribution >= 0.6 is 0 Å². The van der Waals surface area contributed by atoms with Crippen LogP contribution in [0.2, 0.25) is 0 Å². The van der Waals surface area contributed by atoms with Crippen molar-refractivity contribution < 1.29 is 19.4 Å². The molecule has 2 amide bonds. The summed E-state index contributed by atoms with van der Waals surface area (Å²) in [4.78, 5) is 27.3. The van der Waals surface area contributed by atoms with Gasteiger partial charge in [-0.3, -0.25) is 9.59 Å². The summed E-state index contributed by atoms with van der Waals surface area (Å²) >= 11 is 0. The van der Waals surface area contributed by atoms with Crippen LogP contribution in [-0.2, 0) is 0 Å². The monoisotopic (exact) mass is 344 g/mol. The predicted octanol–water partition coefficient (Wildman–Crippen LogP) is 1.57. The average molecular weight is 344 g/mol. The van der Waals surface area contributed by atoms with E-state index in [1.165, 1.54) is 0 Å². The number of carbonyl (C=O) groups excluding carboxylic acids is 2. The number of aliphatic hydroxyl groups excluding tert-OH is 1. The highest BCUT2D eigenvalue weighted by Gasteiger charge is 2.43. The van der Waals surface area contributed by atoms with Crippen LogP contribution in [0.1, 0.15) is 52.8 Å². The number of benzene rings is 1. The minimum absolute atomic E-state index is 0.00907. The highest BCUT2D eigenvalue weighted by Crippen LogP contribution is 2.40. The molecular weight excluding hydrogens is 320 g/mol. The number of nitrogens with one attached hydrogen (secondary N) is 1. The molecular formula is C19H24N2O4. The highest BCUT2D eigenvalue weighted by molar-refractivity contribution is 6.02. The van der Waals surface area contributed by atoms with Gasteiger partial charge in [-0.1, -0.05) is 0 Å². The first-order valence-electron chi connectivity index (χ1n) is 9.16. The fourth-order valence-electron chi connectivity index (χ4n) is 4.58. The molecule has 0 saturated carbocycles. The Morgan fingerprint density at radius 2 is 2.04 bits per heavy atom. The zero-order chi connectivity index (χ0) is 17.4. The molecule has 2 fully saturated rings. The third kappa shape index (κ3) is 2.99. The van der Waals surface area contributed by atoms with Crippen LogP contribution in [0.3, 0.4) is 0 Å². The van der Waals surface area contributed by atoms with Gasteiger partial charge < -0.3 is 20.1 Å². The van der Waals surface area contributed by atoms with Gasteiger partial charge in [0.1, 0.15) is 12.4 Å². The van der Waals surface area contributed by atoms with Gasteiger partial charge in [-0.25, -0.2) is 0 Å². The number of hydrogen-bond donors (Lipinski definition) is 2. The molecule has 6 nitrogen and oxygen atoms in total. The maximum atomic E-state index is 13.1. The van der Waals surface area contributed by atoms with Crippen molar-refractivity contribution in [2.45, 2.75) is 44.2 Å². The van der Waals surface area contributed by atoms with E-state index in [-0.39, 0.29) is 30.5 Å². The van der Waals surface area contributed by atoms with Gasteiger partial charge in [-0.2, -0.15) is 0 Å². The third-order valence-corrected chi connectivity index (χ3v) is 5.72. The van der Waals surface area contributed by atoms with Crippen molar-refractivity contribution in [1.82, 2.24) is 10.2 Å². The molecule has 0 aliphatic carbocycles. The summed E-state index contributed by atoms with van der Waals surface area (Å²) in [5.74, 6) is 0.871. The van der Waals surface area contributed by atoms with Crippen LogP contribution in [0.5, 0.6) is 5.75 Å². The van der Waals surface area contributed by atoms with E-state index in [9.17, 15) is 14.7 Å². The van der Waals surface area contributed by atoms with Crippen LogP contribution < -0.4 is 10.1 Å². The van der Waals surface area contributed by atoms with Crippen molar-refractivity contribution in [3.63, 3.8) is 0 Å². The molecule has 25 heavy (non-hydrogen) atoms. The molecule has 3 aliphatic heterocycles. The van der Waals surface area contributed by atoms with Crippen LogP contribution in [0, 0.1) is 5.92 Å². The van der Waals surface area contributed by atoms with Crippen molar-refractivity contribution in [2.24, 2.45) is 5.92 Å². The topological polar surface area (TPSA) is 78.9 Å². The smallest absolute Gasteiger partial charge is 0.255 e. The van der Waals surface area contributed by atoms with E-state index in [0.29, 0.717) is 35.9 Å². The van der Waals surface area contributed by atoms with Gasteiger partial charge in [-0.05, 0) is 56.2 Å². The Balaban J connectivity index is 1.57. The summed E-state index contributed by atoms with van der Waals surface area (Å²) < 4.78 is 5.56. The summed E-state index contributed by atoms with van der Waals surface area (Å²) in [5.41, 5.74) is 0.989. The molecule has 2 bridgehead atoms. The molecule has 3 heterocycles. The van der Waals surface area contributed by atoms with Gasteiger partial charge in [0.2, 0.25) is 0 Å². The zero-order valence-electron chi connectivity index (χ0n) is 14.2. The van der Waals surface area contributed by atoms with Crippen molar-refractivity contribution in [2.75, 3.05) is 19.8 Å². The second kappa shape index (κ2) is 6.67. The van der Waals surface area contributed by atoms with Crippen molar-refractivity contribution in [1.29, 1.82) is 0 Å². The summed E-state index contributed by atoms with van der Waals surface area (Å²) in [6, 6.07) is 5.67. The lowest BCUT2D eigenvalue weighted by molar-refractivity contribution is 0.0501. The number of amides is 2. The van der Waals surface area contributed by atoms with E-state index in [1.807, 2.05) is 4.90 Å². The summed E-state index contributed by atoms with van der Waals surface area (Å²) in [7, 11) is 0. The van der Waals surface area contributed by atoms with Crippen molar-refractivity contribution in [3.8, 4) is 5.75 Å². The fraction of sp³-hybridized carbons (Fsp3) is 0.579. The maximum Gasteiger partial charge on any atom is 0.255 e. The first-order valence-corrected chi connectivity index (χ1v) is 9.16. The standard InChI is InChI=1S/C19H24N2O4/c22-7-5-12-9-14-2-3-15(10-12)21(14)19(24)13-1-4-17-16(11-13)18(23)20-6-8-25-17/h1,4,11-12,14-15,22H,2-3,5-10H2,(H,20,23). The quantitative estimate of drug-likeness (QED) is 0.872. The lowest BCUT2D eigenvalue weighted by atomic mass is 9.88. The molecule has 2 N–H and O–H groups in total. The number of rotatable bonds is 3. The van der Waals surface area contributed by atoms with E-state index < -0.39 is 0 Å². The van der Waals surface area contributed by atoms with Crippen LogP contribution in [0.25, 0.3) is 0 Å². The minimum Gasteiger partial charge on any atom is -0.491 e. The van der Waals surface area contributed by atoms with Gasteiger partial charge in [0.05, 0.1) is 12.1 Å². The van der Waals surface area contributed by atoms with Gasteiger partial charge in [0, 0.05) is 24.3 Å². The molecule has 0 spiro atoms. The van der Waals surface area contributed by atoms with Gasteiger partial charge in [-0.15, -0.1) is 0 Å². The molecule has 6 heteroatoms. The largest absolute Gasteiger partial charge is 0.491 e. The molecule has 0 aromatic heterocycles. The summed E-state index contributed by atoms with van der Waals surface area (Å²) in [5, 5.41) is 12.0. The second-order valence-electron chi connectivity index (χ2n) is 7.26. The zero-order valence-corrected chi connectivity index (χ0v) is 14.2. The number of ether oxygens (including phenoxy) is 1. The van der Waals surface area contributed by atoms with Crippen LogP contribution in [0.15, 0.2) is 18.2 Å². The van der Waals surface area contributed by atoms with E-state index in [4.69, 9.17) is 4.74 Å². The maximum absolute atomic E-state index is 13.1.